The van der Waals surface area contributed by atoms with Gasteiger partial charge in [0, 0.05) is 32.6 Å². The van der Waals surface area contributed by atoms with Crippen molar-refractivity contribution in [2.75, 3.05) is 26.2 Å². The van der Waals surface area contributed by atoms with Crippen LogP contribution in [-0.4, -0.2) is 49.7 Å². The highest BCUT2D eigenvalue weighted by Gasteiger charge is 2.41. The first kappa shape index (κ1) is 20.7. The standard InChI is InChI=1S/C20H25F3N2O3S/c21-20(22,23)17-3-5-18(6-4-17)29(27,28)25-9-7-24(8-10-25)19(26)13-16-12-14-1-2-15(16)11-14/h3-6,14-16H,1-2,7-13H2/t14-,15-,16-/m0/s1. The Morgan fingerprint density at radius 1 is 1.00 bits per heavy atom. The smallest absolute Gasteiger partial charge is 0.340 e. The molecule has 2 saturated carbocycles. The van der Waals surface area contributed by atoms with Crippen LogP contribution in [0.3, 0.4) is 0 Å². The molecule has 1 aliphatic heterocycles. The fourth-order valence-electron chi connectivity index (χ4n) is 5.12. The lowest BCUT2D eigenvalue weighted by Gasteiger charge is -2.35. The molecule has 4 rings (SSSR count). The first-order valence-corrected chi connectivity index (χ1v) is 11.5. The number of amides is 1. The summed E-state index contributed by atoms with van der Waals surface area (Å²) in [5.74, 6) is 2.01. The summed E-state index contributed by atoms with van der Waals surface area (Å²) in [6.45, 7) is 0.955. The highest BCUT2D eigenvalue weighted by molar-refractivity contribution is 7.89. The third-order valence-corrected chi connectivity index (χ3v) is 8.64. The summed E-state index contributed by atoms with van der Waals surface area (Å²) >= 11 is 0. The third-order valence-electron chi connectivity index (χ3n) is 6.73. The van der Waals surface area contributed by atoms with Crippen LogP contribution in [0.2, 0.25) is 0 Å². The first-order valence-electron chi connectivity index (χ1n) is 10.1. The maximum atomic E-state index is 12.7. The van der Waals surface area contributed by atoms with Crippen LogP contribution in [0.5, 0.6) is 0 Å². The van der Waals surface area contributed by atoms with Crippen LogP contribution in [0.25, 0.3) is 0 Å². The predicted molar refractivity (Wildman–Crippen MR) is 100 cm³/mol. The summed E-state index contributed by atoms with van der Waals surface area (Å²) in [4.78, 5) is 14.2. The Balaban J connectivity index is 1.34. The minimum Gasteiger partial charge on any atom is -0.340 e. The third kappa shape index (κ3) is 4.17. The molecule has 1 saturated heterocycles. The topological polar surface area (TPSA) is 57.7 Å². The molecule has 1 aromatic rings. The molecule has 0 aromatic heterocycles. The van der Waals surface area contributed by atoms with Crippen molar-refractivity contribution in [1.82, 2.24) is 9.21 Å². The molecule has 160 valence electrons. The number of sulfonamides is 1. The van der Waals surface area contributed by atoms with Crippen LogP contribution in [-0.2, 0) is 21.0 Å². The number of piperazine rings is 1. The maximum Gasteiger partial charge on any atom is 0.416 e. The second kappa shape index (κ2) is 7.58. The Hall–Kier alpha value is -1.61. The fraction of sp³-hybridized carbons (Fsp3) is 0.650. The normalized spacial score (nSPS) is 28.1. The summed E-state index contributed by atoms with van der Waals surface area (Å²) in [5, 5.41) is 0. The molecular weight excluding hydrogens is 405 g/mol. The molecule has 3 aliphatic rings. The summed E-state index contributed by atoms with van der Waals surface area (Å²) in [6.07, 6.45) is 0.938. The van der Waals surface area contributed by atoms with E-state index in [9.17, 15) is 26.4 Å². The van der Waals surface area contributed by atoms with Crippen molar-refractivity contribution >= 4 is 15.9 Å². The fourth-order valence-corrected chi connectivity index (χ4v) is 6.54. The lowest BCUT2D eigenvalue weighted by molar-refractivity contribution is -0.137. The van der Waals surface area contributed by atoms with Crippen LogP contribution >= 0.6 is 0 Å². The number of benzene rings is 1. The minimum atomic E-state index is -4.51. The van der Waals surface area contributed by atoms with Crippen molar-refractivity contribution in [3.8, 4) is 0 Å². The minimum absolute atomic E-state index is 0.0918. The molecule has 3 fully saturated rings. The van der Waals surface area contributed by atoms with Crippen molar-refractivity contribution in [2.24, 2.45) is 17.8 Å². The molecule has 0 radical (unpaired) electrons. The van der Waals surface area contributed by atoms with Crippen molar-refractivity contribution in [3.05, 3.63) is 29.8 Å². The van der Waals surface area contributed by atoms with Gasteiger partial charge in [-0.3, -0.25) is 4.79 Å². The number of carbonyl (C=O) groups excluding carboxylic acids is 1. The van der Waals surface area contributed by atoms with Gasteiger partial charge in [-0.2, -0.15) is 17.5 Å². The summed E-state index contributed by atoms with van der Waals surface area (Å²) in [6, 6.07) is 3.54. The van der Waals surface area contributed by atoms with Gasteiger partial charge in [0.25, 0.3) is 0 Å². The monoisotopic (exact) mass is 430 g/mol. The number of fused-ring (bicyclic) bond motifs is 2. The highest BCUT2D eigenvalue weighted by atomic mass is 32.2. The summed E-state index contributed by atoms with van der Waals surface area (Å²) in [5.41, 5.74) is -0.882. The van der Waals surface area contributed by atoms with E-state index in [1.807, 2.05) is 0 Å². The van der Waals surface area contributed by atoms with E-state index in [-0.39, 0.29) is 23.9 Å². The molecule has 0 spiro atoms. The van der Waals surface area contributed by atoms with Gasteiger partial charge in [-0.25, -0.2) is 8.42 Å². The average molecular weight is 430 g/mol. The maximum absolute atomic E-state index is 12.7. The molecule has 1 aromatic carbocycles. The zero-order valence-corrected chi connectivity index (χ0v) is 16.9. The molecule has 1 heterocycles. The van der Waals surface area contributed by atoms with Gasteiger partial charge in [0.2, 0.25) is 15.9 Å². The molecular formula is C20H25F3N2O3S. The van der Waals surface area contributed by atoms with Gasteiger partial charge >= 0.3 is 6.18 Å². The molecule has 2 aliphatic carbocycles. The van der Waals surface area contributed by atoms with E-state index < -0.39 is 21.8 Å². The largest absolute Gasteiger partial charge is 0.416 e. The van der Waals surface area contributed by atoms with Crippen molar-refractivity contribution < 1.29 is 26.4 Å². The molecule has 2 bridgehead atoms. The van der Waals surface area contributed by atoms with Crippen molar-refractivity contribution in [3.63, 3.8) is 0 Å². The lowest BCUT2D eigenvalue weighted by atomic mass is 9.86. The highest BCUT2D eigenvalue weighted by Crippen LogP contribution is 2.49. The molecule has 5 nitrogen and oxygen atoms in total. The predicted octanol–water partition coefficient (Wildman–Crippen LogP) is 3.36. The Kier molecular flexibility index (Phi) is 5.40. The number of alkyl halides is 3. The second-order valence-corrected chi connectivity index (χ2v) is 10.4. The van der Waals surface area contributed by atoms with Gasteiger partial charge in [0.15, 0.2) is 0 Å². The number of hydrogen-bond acceptors (Lipinski definition) is 3. The van der Waals surface area contributed by atoms with E-state index in [2.05, 4.69) is 0 Å². The number of halogens is 3. The van der Waals surface area contributed by atoms with E-state index in [1.165, 1.54) is 23.6 Å². The molecule has 9 heteroatoms. The zero-order valence-electron chi connectivity index (χ0n) is 16.1. The van der Waals surface area contributed by atoms with Gasteiger partial charge in [0.1, 0.15) is 0 Å². The molecule has 1 amide bonds. The molecule has 29 heavy (non-hydrogen) atoms. The number of nitrogens with zero attached hydrogens (tertiary/aromatic N) is 2. The van der Waals surface area contributed by atoms with Gasteiger partial charge in [-0.1, -0.05) is 6.42 Å². The van der Waals surface area contributed by atoms with E-state index in [0.29, 0.717) is 31.3 Å². The Morgan fingerprint density at radius 2 is 1.66 bits per heavy atom. The quantitative estimate of drug-likeness (QED) is 0.736. The Labute approximate surface area is 168 Å². The van der Waals surface area contributed by atoms with Crippen LogP contribution in [0.1, 0.15) is 37.7 Å². The van der Waals surface area contributed by atoms with Crippen LogP contribution in [0, 0.1) is 17.8 Å². The second-order valence-electron chi connectivity index (χ2n) is 8.45. The number of hydrogen-bond donors (Lipinski definition) is 0. The molecule has 0 unspecified atom stereocenters. The number of carbonyl (C=O) groups is 1. The van der Waals surface area contributed by atoms with E-state index in [1.54, 1.807) is 4.90 Å². The van der Waals surface area contributed by atoms with Crippen LogP contribution < -0.4 is 0 Å². The van der Waals surface area contributed by atoms with Gasteiger partial charge < -0.3 is 4.90 Å². The molecule has 3 atom stereocenters. The summed E-state index contributed by atoms with van der Waals surface area (Å²) < 4.78 is 64.8. The Bertz CT molecular complexity index is 862. The van der Waals surface area contributed by atoms with Crippen molar-refractivity contribution in [2.45, 2.75) is 43.2 Å². The SMILES string of the molecule is O=C(C[C@@H]1C[C@H]2CC[C@H]1C2)N1CCN(S(=O)(=O)c2ccc(C(F)(F)F)cc2)CC1. The lowest BCUT2D eigenvalue weighted by Crippen LogP contribution is -2.50. The van der Waals surface area contributed by atoms with Gasteiger partial charge in [0.05, 0.1) is 10.5 Å². The molecule has 0 N–H and O–H groups in total. The average Bonchev–Trinajstić information content (AvgIpc) is 3.30. The van der Waals surface area contributed by atoms with Crippen LogP contribution in [0.4, 0.5) is 13.2 Å². The van der Waals surface area contributed by atoms with E-state index in [4.69, 9.17) is 0 Å². The van der Waals surface area contributed by atoms with Gasteiger partial charge in [-0.05, 0) is 61.3 Å². The summed E-state index contributed by atoms with van der Waals surface area (Å²) in [7, 11) is -3.87. The number of rotatable bonds is 4. The Morgan fingerprint density at radius 3 is 2.17 bits per heavy atom. The van der Waals surface area contributed by atoms with E-state index >= 15 is 0 Å². The van der Waals surface area contributed by atoms with Gasteiger partial charge in [-0.15, -0.1) is 0 Å². The zero-order chi connectivity index (χ0) is 20.8. The first-order chi connectivity index (χ1) is 13.6. The van der Waals surface area contributed by atoms with Crippen molar-refractivity contribution in [1.29, 1.82) is 0 Å². The van der Waals surface area contributed by atoms with Crippen LogP contribution in [0.15, 0.2) is 29.2 Å². The van der Waals surface area contributed by atoms with E-state index in [0.717, 1.165) is 36.6 Å².